The van der Waals surface area contributed by atoms with Crippen LogP contribution in [0.2, 0.25) is 0 Å². The van der Waals surface area contributed by atoms with E-state index in [0.717, 1.165) is 31.8 Å². The molecule has 0 fully saturated rings. The van der Waals surface area contributed by atoms with Crippen LogP contribution in [0.4, 0.5) is 11.5 Å². The van der Waals surface area contributed by atoms with Crippen molar-refractivity contribution in [2.45, 2.75) is 13.5 Å². The number of hydrogen-bond acceptors (Lipinski definition) is 7. The lowest BCUT2D eigenvalue weighted by molar-refractivity contribution is 0.285. The van der Waals surface area contributed by atoms with Crippen LogP contribution in [0, 0.1) is 6.92 Å². The highest BCUT2D eigenvalue weighted by atomic mass is 32.1. The molecule has 1 N–H and O–H groups in total. The number of ether oxygens (including phenoxy) is 2. The Balaban J connectivity index is 1.48. The van der Waals surface area contributed by atoms with Gasteiger partial charge in [0.15, 0.2) is 11.5 Å². The maximum absolute atomic E-state index is 6.12. The third kappa shape index (κ3) is 4.00. The largest absolute Gasteiger partial charge is 0.493 e. The quantitative estimate of drug-likeness (QED) is 0.364. The van der Waals surface area contributed by atoms with Gasteiger partial charge in [0.1, 0.15) is 23.8 Å². The van der Waals surface area contributed by atoms with Gasteiger partial charge in [-0.1, -0.05) is 24.3 Å². The van der Waals surface area contributed by atoms with E-state index in [-0.39, 0.29) is 0 Å². The third-order valence-electron chi connectivity index (χ3n) is 4.89. The summed E-state index contributed by atoms with van der Waals surface area (Å²) in [5.41, 5.74) is 3.89. The first-order chi connectivity index (χ1) is 15.2. The van der Waals surface area contributed by atoms with Crippen LogP contribution in [0.25, 0.3) is 21.1 Å². The number of aromatic nitrogens is 3. The van der Waals surface area contributed by atoms with Gasteiger partial charge in [-0.05, 0) is 42.8 Å². The van der Waals surface area contributed by atoms with Gasteiger partial charge in [0.05, 0.1) is 22.8 Å². The molecule has 154 valence electrons. The molecule has 0 aliphatic heterocycles. The summed E-state index contributed by atoms with van der Waals surface area (Å²) >= 11 is 1.63. The number of thiazole rings is 1. The number of methoxy groups -OCH3 is 1. The molecule has 0 bridgehead atoms. The monoisotopic (exact) mass is 428 g/mol. The highest BCUT2D eigenvalue weighted by Crippen LogP contribution is 2.35. The number of benzene rings is 3. The molecule has 7 heteroatoms. The average Bonchev–Trinajstić information content (AvgIpc) is 3.20. The highest BCUT2D eigenvalue weighted by molar-refractivity contribution is 7.18. The summed E-state index contributed by atoms with van der Waals surface area (Å²) in [6, 6.07) is 20.0. The third-order valence-corrected chi connectivity index (χ3v) is 5.90. The lowest BCUT2D eigenvalue weighted by Crippen LogP contribution is -2.00. The van der Waals surface area contributed by atoms with Gasteiger partial charge in [0.2, 0.25) is 0 Å². The second-order valence-electron chi connectivity index (χ2n) is 7.10. The number of nitrogens with zero attached hydrogens (tertiary/aromatic N) is 3. The van der Waals surface area contributed by atoms with Crippen LogP contribution < -0.4 is 14.8 Å². The SMILES string of the molecule is COc1cc2ncnc(Nc3cccc(C)c3)c2cc1OCc1nc2ccccc2s1. The molecule has 0 aliphatic rings. The average molecular weight is 429 g/mol. The molecule has 0 saturated heterocycles. The second-order valence-corrected chi connectivity index (χ2v) is 8.22. The lowest BCUT2D eigenvalue weighted by atomic mass is 10.2. The van der Waals surface area contributed by atoms with Crippen molar-refractivity contribution in [1.29, 1.82) is 0 Å². The summed E-state index contributed by atoms with van der Waals surface area (Å²) in [5, 5.41) is 5.15. The molecule has 0 amide bonds. The standard InChI is InChI=1S/C24H20N4O2S/c1-15-6-5-7-16(10-15)27-24-17-11-21(20(29-2)12-19(17)25-14-26-24)30-13-23-28-18-8-3-4-9-22(18)31-23/h3-12,14H,13H2,1-2H3,(H,25,26,27). The molecule has 31 heavy (non-hydrogen) atoms. The van der Waals surface area contributed by atoms with Gasteiger partial charge in [-0.3, -0.25) is 0 Å². The minimum atomic E-state index is 0.357. The predicted octanol–water partition coefficient (Wildman–Crippen LogP) is 5.88. The first kappa shape index (κ1) is 19.3. The zero-order valence-corrected chi connectivity index (χ0v) is 17.9. The van der Waals surface area contributed by atoms with Gasteiger partial charge in [-0.2, -0.15) is 0 Å². The zero-order chi connectivity index (χ0) is 21.2. The molecule has 0 spiro atoms. The summed E-state index contributed by atoms with van der Waals surface area (Å²) in [6.45, 7) is 2.41. The summed E-state index contributed by atoms with van der Waals surface area (Å²) in [7, 11) is 1.62. The van der Waals surface area contributed by atoms with Crippen LogP contribution in [-0.2, 0) is 6.61 Å². The predicted molar refractivity (Wildman–Crippen MR) is 125 cm³/mol. The molecule has 3 aromatic carbocycles. The number of nitrogens with one attached hydrogen (secondary N) is 1. The minimum Gasteiger partial charge on any atom is -0.493 e. The molecule has 2 aromatic heterocycles. The molecule has 0 unspecified atom stereocenters. The summed E-state index contributed by atoms with van der Waals surface area (Å²) < 4.78 is 12.8. The van der Waals surface area contributed by atoms with Crippen LogP contribution in [0.5, 0.6) is 11.5 Å². The molecular formula is C24H20N4O2S. The maximum Gasteiger partial charge on any atom is 0.162 e. The second kappa shape index (κ2) is 8.20. The zero-order valence-electron chi connectivity index (χ0n) is 17.1. The Kier molecular flexibility index (Phi) is 5.09. The molecule has 2 heterocycles. The van der Waals surface area contributed by atoms with Crippen molar-refractivity contribution in [2.24, 2.45) is 0 Å². The summed E-state index contributed by atoms with van der Waals surface area (Å²) in [5.74, 6) is 1.95. The van der Waals surface area contributed by atoms with Gasteiger partial charge in [-0.15, -0.1) is 11.3 Å². The maximum atomic E-state index is 6.12. The van der Waals surface area contributed by atoms with Gasteiger partial charge in [-0.25, -0.2) is 15.0 Å². The minimum absolute atomic E-state index is 0.357. The van der Waals surface area contributed by atoms with Crippen LogP contribution in [0.1, 0.15) is 10.6 Å². The highest BCUT2D eigenvalue weighted by Gasteiger charge is 2.13. The van der Waals surface area contributed by atoms with E-state index in [4.69, 9.17) is 9.47 Å². The van der Waals surface area contributed by atoms with E-state index in [0.29, 0.717) is 23.9 Å². The Bertz CT molecular complexity index is 1350. The van der Waals surface area contributed by atoms with Crippen LogP contribution in [0.3, 0.4) is 0 Å². The Morgan fingerprint density at radius 1 is 0.935 bits per heavy atom. The normalized spacial score (nSPS) is 11.0. The van der Waals surface area contributed by atoms with Gasteiger partial charge in [0.25, 0.3) is 0 Å². The van der Waals surface area contributed by atoms with E-state index in [1.165, 1.54) is 5.56 Å². The Hall–Kier alpha value is -3.71. The molecule has 0 aliphatic carbocycles. The fourth-order valence-electron chi connectivity index (χ4n) is 3.42. The molecular weight excluding hydrogens is 408 g/mol. The van der Waals surface area contributed by atoms with E-state index >= 15 is 0 Å². The number of rotatable bonds is 6. The summed E-state index contributed by atoms with van der Waals surface area (Å²) in [6.07, 6.45) is 1.54. The van der Waals surface area contributed by atoms with Crippen molar-refractivity contribution in [2.75, 3.05) is 12.4 Å². The molecule has 0 atom stereocenters. The van der Waals surface area contributed by atoms with Crippen molar-refractivity contribution in [3.63, 3.8) is 0 Å². The van der Waals surface area contributed by atoms with Crippen molar-refractivity contribution in [3.05, 3.63) is 77.6 Å². The van der Waals surface area contributed by atoms with Crippen molar-refractivity contribution in [3.8, 4) is 11.5 Å². The van der Waals surface area contributed by atoms with E-state index < -0.39 is 0 Å². The Morgan fingerprint density at radius 2 is 1.84 bits per heavy atom. The lowest BCUT2D eigenvalue weighted by Gasteiger charge is -2.13. The van der Waals surface area contributed by atoms with Crippen LogP contribution in [-0.4, -0.2) is 22.1 Å². The summed E-state index contributed by atoms with van der Waals surface area (Å²) in [4.78, 5) is 13.5. The molecule has 6 nitrogen and oxygen atoms in total. The van der Waals surface area contributed by atoms with Crippen molar-refractivity contribution < 1.29 is 9.47 Å². The van der Waals surface area contributed by atoms with Gasteiger partial charge >= 0.3 is 0 Å². The van der Waals surface area contributed by atoms with E-state index in [2.05, 4.69) is 45.4 Å². The fourth-order valence-corrected chi connectivity index (χ4v) is 4.30. The number of anilines is 2. The van der Waals surface area contributed by atoms with E-state index in [9.17, 15) is 0 Å². The van der Waals surface area contributed by atoms with E-state index in [1.54, 1.807) is 24.8 Å². The topological polar surface area (TPSA) is 69.2 Å². The number of para-hydroxylation sites is 1. The number of aryl methyl sites for hydroxylation is 1. The first-order valence-electron chi connectivity index (χ1n) is 9.83. The number of fused-ring (bicyclic) bond motifs is 2. The fraction of sp³-hybridized carbons (Fsp3) is 0.125. The van der Waals surface area contributed by atoms with Crippen molar-refractivity contribution >= 4 is 44.0 Å². The van der Waals surface area contributed by atoms with Gasteiger partial charge in [0, 0.05) is 17.1 Å². The van der Waals surface area contributed by atoms with Crippen molar-refractivity contribution in [1.82, 2.24) is 15.0 Å². The molecule has 5 rings (SSSR count). The first-order valence-corrected chi connectivity index (χ1v) is 10.6. The number of hydrogen-bond donors (Lipinski definition) is 1. The molecule has 0 radical (unpaired) electrons. The smallest absolute Gasteiger partial charge is 0.162 e. The van der Waals surface area contributed by atoms with E-state index in [1.807, 2.05) is 42.5 Å². The Morgan fingerprint density at radius 3 is 2.68 bits per heavy atom. The molecule has 0 saturated carbocycles. The molecule has 5 aromatic rings. The Labute approximate surface area is 183 Å². The van der Waals surface area contributed by atoms with Crippen LogP contribution >= 0.6 is 11.3 Å². The van der Waals surface area contributed by atoms with Gasteiger partial charge < -0.3 is 14.8 Å². The van der Waals surface area contributed by atoms with Crippen LogP contribution in [0.15, 0.2) is 67.0 Å².